The molecular weight excluding hydrogens is 398 g/mol. The van der Waals surface area contributed by atoms with Gasteiger partial charge in [-0.05, 0) is 43.7 Å². The predicted molar refractivity (Wildman–Crippen MR) is 116 cm³/mol. The molecule has 2 aromatic rings. The number of nitrogens with zero attached hydrogens (tertiary/aromatic N) is 1. The third-order valence-electron chi connectivity index (χ3n) is 5.08. The summed E-state index contributed by atoms with van der Waals surface area (Å²) in [5, 5.41) is 19.9. The predicted octanol–water partition coefficient (Wildman–Crippen LogP) is 2.82. The fourth-order valence-corrected chi connectivity index (χ4v) is 3.57. The van der Waals surface area contributed by atoms with Gasteiger partial charge in [-0.1, -0.05) is 29.8 Å². The second kappa shape index (κ2) is 10.2. The summed E-state index contributed by atoms with van der Waals surface area (Å²) in [5.74, 6) is -1.01. The first kappa shape index (κ1) is 22.5. The van der Waals surface area contributed by atoms with Crippen molar-refractivity contribution in [1.29, 1.82) is 0 Å². The molecule has 1 aliphatic rings. The summed E-state index contributed by atoms with van der Waals surface area (Å²) < 4.78 is 10.7. The summed E-state index contributed by atoms with van der Waals surface area (Å²) in [5.41, 5.74) is 2.23. The zero-order valence-electron chi connectivity index (χ0n) is 17.7. The number of rotatable bonds is 9. The van der Waals surface area contributed by atoms with Gasteiger partial charge >= 0.3 is 0 Å². The molecule has 1 saturated heterocycles. The van der Waals surface area contributed by atoms with Crippen molar-refractivity contribution in [2.75, 3.05) is 33.0 Å². The van der Waals surface area contributed by atoms with Crippen LogP contribution in [0.25, 0.3) is 5.76 Å². The number of Topliss-reactive ketones (excluding diaryl/α,β-unsaturated/α-hetero) is 1. The lowest BCUT2D eigenvalue weighted by molar-refractivity contribution is -0.140. The van der Waals surface area contributed by atoms with E-state index in [1.807, 2.05) is 38.1 Å². The number of hydrogen-bond acceptors (Lipinski definition) is 6. The summed E-state index contributed by atoms with van der Waals surface area (Å²) in [6.07, 6.45) is 0. The van der Waals surface area contributed by atoms with Gasteiger partial charge in [0.2, 0.25) is 0 Å². The number of aliphatic hydroxyl groups excluding tert-OH is 2. The highest BCUT2D eigenvalue weighted by Gasteiger charge is 2.45. The van der Waals surface area contributed by atoms with E-state index in [-0.39, 0.29) is 37.7 Å². The standard InChI is InChI=1S/C24H27NO6/c1-3-31-19-10-8-18(9-11-19)22(27)20-21(17-6-4-16(2)5-7-17)25(24(29)23(20)28)12-14-30-15-13-26/h4-11,21,26-27H,3,12-15H2,1-2H3/b22-20+. The number of ether oxygens (including phenoxy) is 2. The van der Waals surface area contributed by atoms with E-state index in [1.54, 1.807) is 24.3 Å². The molecule has 3 rings (SSSR count). The van der Waals surface area contributed by atoms with E-state index in [9.17, 15) is 14.7 Å². The maximum atomic E-state index is 12.9. The highest BCUT2D eigenvalue weighted by molar-refractivity contribution is 6.46. The van der Waals surface area contributed by atoms with Gasteiger partial charge in [-0.2, -0.15) is 0 Å². The summed E-state index contributed by atoms with van der Waals surface area (Å²) in [6.45, 7) is 4.68. The van der Waals surface area contributed by atoms with Crippen LogP contribution in [0.3, 0.4) is 0 Å². The lowest BCUT2D eigenvalue weighted by Crippen LogP contribution is -2.33. The monoisotopic (exact) mass is 425 g/mol. The number of benzene rings is 2. The molecule has 1 amide bonds. The summed E-state index contributed by atoms with van der Waals surface area (Å²) in [4.78, 5) is 27.1. The van der Waals surface area contributed by atoms with Crippen LogP contribution in [-0.2, 0) is 14.3 Å². The van der Waals surface area contributed by atoms with Gasteiger partial charge in [-0.15, -0.1) is 0 Å². The Morgan fingerprint density at radius 1 is 1.03 bits per heavy atom. The quantitative estimate of drug-likeness (QED) is 0.278. The number of amides is 1. The fourth-order valence-electron chi connectivity index (χ4n) is 3.57. The molecule has 164 valence electrons. The molecule has 0 bridgehead atoms. The zero-order chi connectivity index (χ0) is 22.4. The normalized spacial score (nSPS) is 17.9. The van der Waals surface area contributed by atoms with Crippen molar-refractivity contribution in [3.05, 3.63) is 70.8 Å². The van der Waals surface area contributed by atoms with Gasteiger partial charge < -0.3 is 24.6 Å². The molecule has 0 aromatic heterocycles. The summed E-state index contributed by atoms with van der Waals surface area (Å²) in [7, 11) is 0. The maximum absolute atomic E-state index is 12.9. The van der Waals surface area contributed by atoms with Crippen LogP contribution >= 0.6 is 0 Å². The number of ketones is 1. The molecule has 0 spiro atoms. The Morgan fingerprint density at radius 2 is 1.71 bits per heavy atom. The van der Waals surface area contributed by atoms with E-state index in [0.717, 1.165) is 11.1 Å². The molecule has 2 aromatic carbocycles. The molecule has 0 saturated carbocycles. The van der Waals surface area contributed by atoms with E-state index >= 15 is 0 Å². The molecule has 2 N–H and O–H groups in total. The first-order valence-corrected chi connectivity index (χ1v) is 10.2. The van der Waals surface area contributed by atoms with Gasteiger partial charge in [-0.25, -0.2) is 0 Å². The van der Waals surface area contributed by atoms with E-state index in [0.29, 0.717) is 17.9 Å². The number of aliphatic hydroxyl groups is 2. The third-order valence-corrected chi connectivity index (χ3v) is 5.08. The largest absolute Gasteiger partial charge is 0.507 e. The van der Waals surface area contributed by atoms with Crippen molar-refractivity contribution in [2.45, 2.75) is 19.9 Å². The van der Waals surface area contributed by atoms with Crippen LogP contribution in [0.5, 0.6) is 5.75 Å². The summed E-state index contributed by atoms with van der Waals surface area (Å²) in [6, 6.07) is 13.5. The van der Waals surface area contributed by atoms with Crippen LogP contribution < -0.4 is 4.74 Å². The smallest absolute Gasteiger partial charge is 0.295 e. The van der Waals surface area contributed by atoms with Gasteiger partial charge in [-0.3, -0.25) is 9.59 Å². The SMILES string of the molecule is CCOc1ccc(/C(O)=C2\C(=O)C(=O)N(CCOCCO)C2c2ccc(C)cc2)cc1. The third kappa shape index (κ3) is 4.95. The molecule has 0 aliphatic carbocycles. The van der Waals surface area contributed by atoms with Gasteiger partial charge in [0.1, 0.15) is 11.5 Å². The van der Waals surface area contributed by atoms with Crippen LogP contribution in [0.15, 0.2) is 54.1 Å². The molecule has 1 fully saturated rings. The van der Waals surface area contributed by atoms with Crippen molar-refractivity contribution in [2.24, 2.45) is 0 Å². The molecule has 31 heavy (non-hydrogen) atoms. The highest BCUT2D eigenvalue weighted by atomic mass is 16.5. The van der Waals surface area contributed by atoms with Crippen LogP contribution in [0.2, 0.25) is 0 Å². The van der Waals surface area contributed by atoms with Crippen LogP contribution in [0.1, 0.15) is 29.7 Å². The molecule has 1 atom stereocenters. The number of likely N-dealkylation sites (tertiary alicyclic amines) is 1. The second-order valence-electron chi connectivity index (χ2n) is 7.20. The Morgan fingerprint density at radius 3 is 2.32 bits per heavy atom. The fraction of sp³-hybridized carbons (Fsp3) is 0.333. The van der Waals surface area contributed by atoms with Crippen LogP contribution in [-0.4, -0.2) is 59.8 Å². The van der Waals surface area contributed by atoms with Crippen molar-refractivity contribution >= 4 is 17.4 Å². The minimum absolute atomic E-state index is 0.0418. The number of hydrogen-bond donors (Lipinski definition) is 2. The van der Waals surface area contributed by atoms with Gasteiger partial charge in [0, 0.05) is 12.1 Å². The van der Waals surface area contributed by atoms with Gasteiger partial charge in [0.15, 0.2) is 0 Å². The van der Waals surface area contributed by atoms with Crippen molar-refractivity contribution in [3.8, 4) is 5.75 Å². The first-order chi connectivity index (χ1) is 15.0. The average molecular weight is 425 g/mol. The Hall–Kier alpha value is -3.16. The van der Waals surface area contributed by atoms with Gasteiger partial charge in [0.05, 0.1) is 38.0 Å². The highest BCUT2D eigenvalue weighted by Crippen LogP contribution is 2.39. The molecule has 1 unspecified atom stereocenters. The molecule has 7 nitrogen and oxygen atoms in total. The second-order valence-corrected chi connectivity index (χ2v) is 7.20. The lowest BCUT2D eigenvalue weighted by Gasteiger charge is -2.25. The van der Waals surface area contributed by atoms with E-state index in [4.69, 9.17) is 14.6 Å². The average Bonchev–Trinajstić information content (AvgIpc) is 3.02. The Bertz CT molecular complexity index is 949. The number of carbonyl (C=O) groups is 2. The topological polar surface area (TPSA) is 96.3 Å². The van der Waals surface area contributed by atoms with E-state index in [2.05, 4.69) is 0 Å². The molecule has 7 heteroatoms. The number of carbonyl (C=O) groups excluding carboxylic acids is 2. The molecule has 1 heterocycles. The molecule has 0 radical (unpaired) electrons. The maximum Gasteiger partial charge on any atom is 0.295 e. The van der Waals surface area contributed by atoms with Gasteiger partial charge in [0.25, 0.3) is 11.7 Å². The van der Waals surface area contributed by atoms with Crippen LogP contribution in [0, 0.1) is 6.92 Å². The van der Waals surface area contributed by atoms with E-state index in [1.165, 1.54) is 4.90 Å². The van der Waals surface area contributed by atoms with E-state index < -0.39 is 17.7 Å². The minimum atomic E-state index is -0.737. The molecule has 1 aliphatic heterocycles. The van der Waals surface area contributed by atoms with Crippen molar-refractivity contribution < 1.29 is 29.3 Å². The molecular formula is C24H27NO6. The Balaban J connectivity index is 2.02. The van der Waals surface area contributed by atoms with Crippen molar-refractivity contribution in [3.63, 3.8) is 0 Å². The zero-order valence-corrected chi connectivity index (χ0v) is 17.7. The first-order valence-electron chi connectivity index (χ1n) is 10.2. The Labute approximate surface area is 181 Å². The van der Waals surface area contributed by atoms with Crippen molar-refractivity contribution in [1.82, 2.24) is 4.90 Å². The summed E-state index contributed by atoms with van der Waals surface area (Å²) >= 11 is 0. The minimum Gasteiger partial charge on any atom is -0.507 e. The number of aryl methyl sites for hydroxylation is 1. The van der Waals surface area contributed by atoms with Crippen LogP contribution in [0.4, 0.5) is 0 Å². The Kier molecular flexibility index (Phi) is 7.44. The lowest BCUT2D eigenvalue weighted by atomic mass is 9.94.